The average molecular weight is 377 g/mol. The summed E-state index contributed by atoms with van der Waals surface area (Å²) in [5.41, 5.74) is 4.01. The Balaban J connectivity index is 1.51. The summed E-state index contributed by atoms with van der Waals surface area (Å²) in [4.78, 5) is 26.1. The Kier molecular flexibility index (Phi) is 4.94. The summed E-state index contributed by atoms with van der Waals surface area (Å²) in [6.07, 6.45) is 6.19. The zero-order valence-corrected chi connectivity index (χ0v) is 15.4. The molecule has 0 saturated heterocycles. The lowest BCUT2D eigenvalue weighted by Crippen LogP contribution is -2.31. The summed E-state index contributed by atoms with van der Waals surface area (Å²) < 4.78 is 5.35. The molecular weight excluding hydrogens is 358 g/mol. The first kappa shape index (κ1) is 18.0. The molecule has 3 heterocycles. The average Bonchev–Trinajstić information content (AvgIpc) is 2.74. The maximum atomic E-state index is 11.0. The van der Waals surface area contributed by atoms with Gasteiger partial charge in [-0.1, -0.05) is 0 Å². The number of benzene rings is 1. The third-order valence-corrected chi connectivity index (χ3v) is 4.81. The third kappa shape index (κ3) is 3.67. The molecule has 0 amide bonds. The van der Waals surface area contributed by atoms with Gasteiger partial charge in [0.05, 0.1) is 23.8 Å². The van der Waals surface area contributed by atoms with E-state index in [1.165, 1.54) is 19.2 Å². The number of nitrogens with zero attached hydrogens (tertiary/aromatic N) is 5. The number of fused-ring (bicyclic) bond motifs is 1. The Labute approximate surface area is 162 Å². The predicted molar refractivity (Wildman–Crippen MR) is 103 cm³/mol. The normalized spacial score (nSPS) is 13.8. The molecule has 0 N–H and O–H groups in total. The van der Waals surface area contributed by atoms with Crippen LogP contribution in [-0.4, -0.2) is 38.4 Å². The van der Waals surface area contributed by atoms with Crippen LogP contribution in [0, 0.1) is 10.1 Å². The number of methoxy groups -OCH3 is 1. The van der Waals surface area contributed by atoms with E-state index >= 15 is 0 Å². The summed E-state index contributed by atoms with van der Waals surface area (Å²) in [5.74, 6) is 1.22. The maximum absolute atomic E-state index is 11.0. The molecule has 1 aliphatic rings. The quantitative estimate of drug-likeness (QED) is 0.498. The van der Waals surface area contributed by atoms with Crippen LogP contribution in [0.15, 0.2) is 48.9 Å². The van der Waals surface area contributed by atoms with E-state index in [2.05, 4.69) is 14.9 Å². The number of hydrogen-bond donors (Lipinski definition) is 0. The minimum Gasteiger partial charge on any atom is -0.496 e. The van der Waals surface area contributed by atoms with Crippen molar-refractivity contribution in [2.75, 3.05) is 13.7 Å². The number of nitro benzene ring substituents is 1. The van der Waals surface area contributed by atoms with E-state index in [9.17, 15) is 10.1 Å². The summed E-state index contributed by atoms with van der Waals surface area (Å²) in [5, 5.41) is 11.0. The van der Waals surface area contributed by atoms with Crippen LogP contribution in [0.25, 0.3) is 11.4 Å². The van der Waals surface area contributed by atoms with E-state index < -0.39 is 4.92 Å². The topological polar surface area (TPSA) is 94.3 Å². The van der Waals surface area contributed by atoms with Gasteiger partial charge in [0, 0.05) is 67.4 Å². The van der Waals surface area contributed by atoms with Gasteiger partial charge in [-0.3, -0.25) is 20.0 Å². The van der Waals surface area contributed by atoms with Crippen LogP contribution in [0.5, 0.6) is 5.75 Å². The number of hydrogen-bond acceptors (Lipinski definition) is 7. The number of aromatic nitrogens is 3. The Morgan fingerprint density at radius 1 is 1.29 bits per heavy atom. The Morgan fingerprint density at radius 3 is 2.93 bits per heavy atom. The molecule has 0 radical (unpaired) electrons. The minimum absolute atomic E-state index is 0.0286. The molecule has 0 atom stereocenters. The second-order valence-corrected chi connectivity index (χ2v) is 6.62. The van der Waals surface area contributed by atoms with Crippen molar-refractivity contribution >= 4 is 5.69 Å². The lowest BCUT2D eigenvalue weighted by molar-refractivity contribution is -0.384. The van der Waals surface area contributed by atoms with Crippen molar-refractivity contribution in [1.82, 2.24) is 19.9 Å². The van der Waals surface area contributed by atoms with Gasteiger partial charge in [0.1, 0.15) is 5.75 Å². The predicted octanol–water partition coefficient (Wildman–Crippen LogP) is 3.01. The molecule has 0 bridgehead atoms. The molecule has 142 valence electrons. The van der Waals surface area contributed by atoms with Gasteiger partial charge < -0.3 is 4.74 Å². The van der Waals surface area contributed by atoms with E-state index in [0.29, 0.717) is 18.1 Å². The third-order valence-electron chi connectivity index (χ3n) is 4.81. The van der Waals surface area contributed by atoms with Gasteiger partial charge in [0.15, 0.2) is 5.82 Å². The Bertz CT molecular complexity index is 1010. The fourth-order valence-corrected chi connectivity index (χ4v) is 3.36. The first-order chi connectivity index (χ1) is 13.6. The van der Waals surface area contributed by atoms with Crippen molar-refractivity contribution in [2.45, 2.75) is 19.5 Å². The molecule has 0 unspecified atom stereocenters. The molecular formula is C20H19N5O3. The first-order valence-electron chi connectivity index (χ1n) is 8.93. The molecule has 2 aromatic heterocycles. The van der Waals surface area contributed by atoms with Crippen molar-refractivity contribution in [2.24, 2.45) is 0 Å². The molecule has 8 heteroatoms. The van der Waals surface area contributed by atoms with Crippen molar-refractivity contribution in [3.63, 3.8) is 0 Å². The van der Waals surface area contributed by atoms with Gasteiger partial charge in [0.25, 0.3) is 5.69 Å². The number of non-ortho nitro benzene ring substituents is 1. The second kappa shape index (κ2) is 7.69. The minimum atomic E-state index is -0.416. The molecule has 0 spiro atoms. The largest absolute Gasteiger partial charge is 0.496 e. The van der Waals surface area contributed by atoms with Gasteiger partial charge in [-0.05, 0) is 18.2 Å². The fourth-order valence-electron chi connectivity index (χ4n) is 3.36. The molecule has 28 heavy (non-hydrogen) atoms. The maximum Gasteiger partial charge on any atom is 0.273 e. The molecule has 4 rings (SSSR count). The number of ether oxygens (including phenoxy) is 1. The van der Waals surface area contributed by atoms with Crippen LogP contribution >= 0.6 is 0 Å². The highest BCUT2D eigenvalue weighted by atomic mass is 16.6. The van der Waals surface area contributed by atoms with Crippen molar-refractivity contribution in [3.05, 3.63) is 75.9 Å². The summed E-state index contributed by atoms with van der Waals surface area (Å²) in [7, 11) is 1.53. The summed E-state index contributed by atoms with van der Waals surface area (Å²) in [6, 6.07) is 8.56. The van der Waals surface area contributed by atoms with Gasteiger partial charge >= 0.3 is 0 Å². The zero-order chi connectivity index (χ0) is 19.5. The van der Waals surface area contributed by atoms with E-state index in [-0.39, 0.29) is 5.69 Å². The molecule has 0 fully saturated rings. The van der Waals surface area contributed by atoms with Gasteiger partial charge in [-0.15, -0.1) is 0 Å². The van der Waals surface area contributed by atoms with Crippen molar-refractivity contribution in [1.29, 1.82) is 0 Å². The Hall–Kier alpha value is -3.39. The van der Waals surface area contributed by atoms with Crippen molar-refractivity contribution < 1.29 is 9.66 Å². The molecule has 1 aromatic carbocycles. The SMILES string of the molecule is COc1cc([N+](=O)[O-])ccc1CN1CCc2nc(-c3cccnc3)ncc2C1. The lowest BCUT2D eigenvalue weighted by Gasteiger charge is -2.28. The number of pyridine rings is 1. The van der Waals surface area contributed by atoms with E-state index in [1.807, 2.05) is 18.3 Å². The van der Waals surface area contributed by atoms with Crippen LogP contribution in [0.3, 0.4) is 0 Å². The lowest BCUT2D eigenvalue weighted by atomic mass is 10.1. The number of rotatable bonds is 5. The van der Waals surface area contributed by atoms with Crippen LogP contribution in [0.1, 0.15) is 16.8 Å². The molecule has 3 aromatic rings. The van der Waals surface area contributed by atoms with E-state index in [0.717, 1.165) is 41.9 Å². The highest BCUT2D eigenvalue weighted by molar-refractivity contribution is 5.53. The Morgan fingerprint density at radius 2 is 2.18 bits per heavy atom. The summed E-state index contributed by atoms with van der Waals surface area (Å²) >= 11 is 0. The fraction of sp³-hybridized carbons (Fsp3) is 0.250. The highest BCUT2D eigenvalue weighted by Crippen LogP contribution is 2.28. The smallest absolute Gasteiger partial charge is 0.273 e. The van der Waals surface area contributed by atoms with Crippen LogP contribution in [0.4, 0.5) is 5.69 Å². The van der Waals surface area contributed by atoms with Gasteiger partial charge in [0.2, 0.25) is 0 Å². The first-order valence-corrected chi connectivity index (χ1v) is 8.93. The van der Waals surface area contributed by atoms with Crippen molar-refractivity contribution in [3.8, 4) is 17.1 Å². The molecule has 0 saturated carbocycles. The zero-order valence-electron chi connectivity index (χ0n) is 15.4. The van der Waals surface area contributed by atoms with Gasteiger partial charge in [-0.2, -0.15) is 0 Å². The number of nitro groups is 1. The second-order valence-electron chi connectivity index (χ2n) is 6.62. The summed E-state index contributed by atoms with van der Waals surface area (Å²) in [6.45, 7) is 2.21. The van der Waals surface area contributed by atoms with E-state index in [1.54, 1.807) is 18.5 Å². The standard InChI is InChI=1S/C20H19N5O3/c1-28-19-9-17(25(26)27)5-4-15(19)12-24-8-6-18-16(13-24)11-22-20(23-18)14-3-2-7-21-10-14/h2-5,7,9-11H,6,8,12-13H2,1H3. The van der Waals surface area contributed by atoms with Gasteiger partial charge in [-0.25, -0.2) is 9.97 Å². The monoisotopic (exact) mass is 377 g/mol. The van der Waals surface area contributed by atoms with Crippen LogP contribution in [-0.2, 0) is 19.5 Å². The highest BCUT2D eigenvalue weighted by Gasteiger charge is 2.21. The van der Waals surface area contributed by atoms with E-state index in [4.69, 9.17) is 9.72 Å². The van der Waals surface area contributed by atoms with Crippen LogP contribution < -0.4 is 4.74 Å². The molecule has 1 aliphatic heterocycles. The molecule has 0 aliphatic carbocycles. The molecule has 8 nitrogen and oxygen atoms in total. The van der Waals surface area contributed by atoms with Crippen LogP contribution in [0.2, 0.25) is 0 Å².